The Bertz CT molecular complexity index is 611. The van der Waals surface area contributed by atoms with Gasteiger partial charge in [0.1, 0.15) is 0 Å². The maximum Gasteiger partial charge on any atom is 0.331 e. The van der Waals surface area contributed by atoms with E-state index in [9.17, 15) is 14.7 Å². The van der Waals surface area contributed by atoms with Gasteiger partial charge in [-0.05, 0) is 24.8 Å². The zero-order valence-corrected chi connectivity index (χ0v) is 14.4. The lowest BCUT2D eigenvalue weighted by Gasteiger charge is -2.40. The molecule has 2 aliphatic rings. The molecule has 0 aromatic carbocycles. The Morgan fingerprint density at radius 2 is 1.71 bits per heavy atom. The van der Waals surface area contributed by atoms with Crippen LogP contribution >= 0.6 is 0 Å². The molecule has 2 amide bonds. The van der Waals surface area contributed by atoms with E-state index < -0.39 is 11.5 Å². The second-order valence-electron chi connectivity index (χ2n) is 7.14. The van der Waals surface area contributed by atoms with E-state index in [4.69, 9.17) is 0 Å². The van der Waals surface area contributed by atoms with Crippen molar-refractivity contribution in [3.05, 3.63) is 18.0 Å². The molecule has 2 fully saturated rings. The zero-order chi connectivity index (χ0) is 17.3. The molecule has 0 atom stereocenters. The van der Waals surface area contributed by atoms with Crippen molar-refractivity contribution in [3.8, 4) is 0 Å². The smallest absolute Gasteiger partial charge is 0.331 e. The van der Waals surface area contributed by atoms with Gasteiger partial charge in [0.25, 0.3) is 0 Å². The second-order valence-corrected chi connectivity index (χ2v) is 7.14. The third-order valence-electron chi connectivity index (χ3n) is 5.28. The maximum atomic E-state index is 12.5. The molecule has 0 aliphatic carbocycles. The SMILES string of the molecule is CC(C)c1ccn(C2(C(=O)O)CCN(C(=O)N3CCCC3)CC2)n1. The minimum absolute atomic E-state index is 0.0508. The summed E-state index contributed by atoms with van der Waals surface area (Å²) in [5.41, 5.74) is -0.152. The van der Waals surface area contributed by atoms with Gasteiger partial charge in [-0.25, -0.2) is 9.59 Å². The van der Waals surface area contributed by atoms with Gasteiger partial charge in [-0.1, -0.05) is 13.8 Å². The van der Waals surface area contributed by atoms with Crippen molar-refractivity contribution in [2.75, 3.05) is 26.2 Å². The Balaban J connectivity index is 1.74. The lowest BCUT2D eigenvalue weighted by Crippen LogP contribution is -2.54. The quantitative estimate of drug-likeness (QED) is 0.918. The van der Waals surface area contributed by atoms with Crippen LogP contribution < -0.4 is 0 Å². The summed E-state index contributed by atoms with van der Waals surface area (Å²) in [7, 11) is 0. The number of carboxylic acids is 1. The number of urea groups is 1. The summed E-state index contributed by atoms with van der Waals surface area (Å²) < 4.78 is 1.60. The number of hydrogen-bond donors (Lipinski definition) is 1. The average Bonchev–Trinajstić information content (AvgIpc) is 3.25. The van der Waals surface area contributed by atoms with E-state index in [0.717, 1.165) is 31.6 Å². The van der Waals surface area contributed by atoms with Gasteiger partial charge in [-0.2, -0.15) is 5.10 Å². The van der Waals surface area contributed by atoms with Gasteiger partial charge in [0.2, 0.25) is 0 Å². The van der Waals surface area contributed by atoms with Crippen LogP contribution in [0.2, 0.25) is 0 Å². The highest BCUT2D eigenvalue weighted by molar-refractivity contribution is 5.78. The Kier molecular flexibility index (Phi) is 4.51. The number of amides is 2. The fourth-order valence-corrected chi connectivity index (χ4v) is 3.60. The van der Waals surface area contributed by atoms with E-state index in [1.807, 2.05) is 24.8 Å². The number of piperidine rings is 1. The Labute approximate surface area is 142 Å². The second kappa shape index (κ2) is 6.45. The molecular formula is C17H26N4O3. The fourth-order valence-electron chi connectivity index (χ4n) is 3.60. The van der Waals surface area contributed by atoms with Crippen LogP contribution in [0.4, 0.5) is 4.79 Å². The third-order valence-corrected chi connectivity index (χ3v) is 5.28. The Morgan fingerprint density at radius 3 is 2.21 bits per heavy atom. The van der Waals surface area contributed by atoms with Crippen LogP contribution in [0.5, 0.6) is 0 Å². The van der Waals surface area contributed by atoms with E-state index in [2.05, 4.69) is 5.10 Å². The molecule has 0 spiro atoms. The fraction of sp³-hybridized carbons (Fsp3) is 0.706. The monoisotopic (exact) mass is 334 g/mol. The topological polar surface area (TPSA) is 78.7 Å². The van der Waals surface area contributed by atoms with E-state index in [0.29, 0.717) is 25.9 Å². The number of carboxylic acid groups (broad SMARTS) is 1. The number of carbonyl (C=O) groups is 2. The number of nitrogens with zero attached hydrogens (tertiary/aromatic N) is 4. The number of likely N-dealkylation sites (tertiary alicyclic amines) is 2. The van der Waals surface area contributed by atoms with Crippen molar-refractivity contribution in [2.24, 2.45) is 0 Å². The van der Waals surface area contributed by atoms with Crippen LogP contribution in [0.25, 0.3) is 0 Å². The van der Waals surface area contributed by atoms with Crippen molar-refractivity contribution in [3.63, 3.8) is 0 Å². The molecule has 0 saturated carbocycles. The van der Waals surface area contributed by atoms with Crippen LogP contribution in [0, 0.1) is 0 Å². The molecule has 24 heavy (non-hydrogen) atoms. The largest absolute Gasteiger partial charge is 0.479 e. The van der Waals surface area contributed by atoms with E-state index in [-0.39, 0.29) is 11.9 Å². The molecule has 0 radical (unpaired) electrons. The molecule has 1 N–H and O–H groups in total. The molecular weight excluding hydrogens is 308 g/mol. The highest BCUT2D eigenvalue weighted by atomic mass is 16.4. The summed E-state index contributed by atoms with van der Waals surface area (Å²) in [6.45, 7) is 6.62. The lowest BCUT2D eigenvalue weighted by atomic mass is 9.88. The van der Waals surface area contributed by atoms with E-state index >= 15 is 0 Å². The van der Waals surface area contributed by atoms with Gasteiger partial charge in [-0.3, -0.25) is 4.68 Å². The average molecular weight is 334 g/mol. The number of aromatic nitrogens is 2. The number of aliphatic carboxylic acids is 1. The molecule has 1 aromatic rings. The highest BCUT2D eigenvalue weighted by Gasteiger charge is 2.45. The van der Waals surface area contributed by atoms with Gasteiger partial charge in [0.15, 0.2) is 5.54 Å². The van der Waals surface area contributed by atoms with E-state index in [1.165, 1.54) is 0 Å². The van der Waals surface area contributed by atoms with Crippen LogP contribution in [0.3, 0.4) is 0 Å². The van der Waals surface area contributed by atoms with Gasteiger partial charge >= 0.3 is 12.0 Å². The number of carbonyl (C=O) groups excluding carboxylic acids is 1. The molecule has 7 nitrogen and oxygen atoms in total. The highest BCUT2D eigenvalue weighted by Crippen LogP contribution is 2.31. The van der Waals surface area contributed by atoms with Crippen molar-refractivity contribution in [1.29, 1.82) is 0 Å². The summed E-state index contributed by atoms with van der Waals surface area (Å²) in [6, 6.07) is 1.94. The number of hydrogen-bond acceptors (Lipinski definition) is 3. The molecule has 0 bridgehead atoms. The third kappa shape index (κ3) is 2.87. The first-order valence-electron chi connectivity index (χ1n) is 8.77. The molecule has 2 aliphatic heterocycles. The molecule has 7 heteroatoms. The summed E-state index contributed by atoms with van der Waals surface area (Å²) >= 11 is 0. The van der Waals surface area contributed by atoms with Crippen LogP contribution in [-0.4, -0.2) is 62.9 Å². The molecule has 3 heterocycles. The van der Waals surface area contributed by atoms with Crippen molar-refractivity contribution < 1.29 is 14.7 Å². The lowest BCUT2D eigenvalue weighted by molar-refractivity contribution is -0.150. The van der Waals surface area contributed by atoms with Crippen molar-refractivity contribution >= 4 is 12.0 Å². The zero-order valence-electron chi connectivity index (χ0n) is 14.4. The normalized spacial score (nSPS) is 20.6. The first-order chi connectivity index (χ1) is 11.4. The minimum Gasteiger partial charge on any atom is -0.479 e. The predicted molar refractivity (Wildman–Crippen MR) is 88.9 cm³/mol. The summed E-state index contributed by atoms with van der Waals surface area (Å²) in [4.78, 5) is 28.2. The first kappa shape index (κ1) is 16.8. The summed E-state index contributed by atoms with van der Waals surface area (Å²) in [6.07, 6.45) is 4.66. The van der Waals surface area contributed by atoms with Gasteiger partial charge in [0.05, 0.1) is 5.69 Å². The minimum atomic E-state index is -1.05. The van der Waals surface area contributed by atoms with E-state index in [1.54, 1.807) is 15.8 Å². The van der Waals surface area contributed by atoms with Crippen LogP contribution in [0.1, 0.15) is 51.1 Å². The maximum absolute atomic E-state index is 12.5. The van der Waals surface area contributed by atoms with Crippen molar-refractivity contribution in [1.82, 2.24) is 19.6 Å². The van der Waals surface area contributed by atoms with Gasteiger partial charge in [-0.15, -0.1) is 0 Å². The summed E-state index contributed by atoms with van der Waals surface area (Å²) in [5, 5.41) is 14.3. The van der Waals surface area contributed by atoms with Crippen LogP contribution in [0.15, 0.2) is 12.3 Å². The van der Waals surface area contributed by atoms with Gasteiger partial charge in [0, 0.05) is 45.2 Å². The van der Waals surface area contributed by atoms with Gasteiger partial charge < -0.3 is 14.9 Å². The molecule has 2 saturated heterocycles. The molecule has 0 unspecified atom stereocenters. The molecule has 1 aromatic heterocycles. The molecule has 3 rings (SSSR count). The van der Waals surface area contributed by atoms with Crippen molar-refractivity contribution in [2.45, 2.75) is 51.0 Å². The summed E-state index contributed by atoms with van der Waals surface area (Å²) in [5.74, 6) is -0.608. The first-order valence-corrected chi connectivity index (χ1v) is 8.77. The molecule has 132 valence electrons. The standard InChI is InChI=1S/C17H26N4O3/c1-13(2)14-5-10-21(18-14)17(15(22)23)6-11-20(12-7-17)16(24)19-8-3-4-9-19/h5,10,13H,3-4,6-9,11-12H2,1-2H3,(H,22,23). The van der Waals surface area contributed by atoms with Crippen LogP contribution in [-0.2, 0) is 10.3 Å². The Morgan fingerprint density at radius 1 is 1.12 bits per heavy atom. The number of rotatable bonds is 3. The predicted octanol–water partition coefficient (Wildman–Crippen LogP) is 2.10. The Hall–Kier alpha value is -2.05.